The number of hydrogen-bond acceptors (Lipinski definition) is 3. The van der Waals surface area contributed by atoms with E-state index in [1.165, 1.54) is 93.5 Å². The molecule has 180 valence electrons. The van der Waals surface area contributed by atoms with E-state index in [-0.39, 0.29) is 5.41 Å². The van der Waals surface area contributed by atoms with E-state index in [1.807, 2.05) is 11.8 Å². The first-order valence-electron chi connectivity index (χ1n) is 13.0. The van der Waals surface area contributed by atoms with Gasteiger partial charge in [0, 0.05) is 10.5 Å². The van der Waals surface area contributed by atoms with Crippen LogP contribution in [0.4, 0.5) is 0 Å². The Balaban J connectivity index is 2.51. The van der Waals surface area contributed by atoms with Crippen molar-refractivity contribution in [1.29, 1.82) is 0 Å². The predicted molar refractivity (Wildman–Crippen MR) is 145 cm³/mol. The van der Waals surface area contributed by atoms with Crippen molar-refractivity contribution in [2.45, 2.75) is 128 Å². The van der Waals surface area contributed by atoms with Gasteiger partial charge in [-0.3, -0.25) is 0 Å². The van der Waals surface area contributed by atoms with Crippen molar-refractivity contribution in [2.24, 2.45) is 0 Å². The van der Waals surface area contributed by atoms with Gasteiger partial charge in [-0.25, -0.2) is 0 Å². The van der Waals surface area contributed by atoms with Crippen LogP contribution < -0.4 is 0 Å². The Morgan fingerprint density at radius 2 is 1.26 bits per heavy atom. The molecule has 1 nitrogen and oxygen atoms in total. The fourth-order valence-corrected chi connectivity index (χ4v) is 5.84. The summed E-state index contributed by atoms with van der Waals surface area (Å²) in [6.45, 7) is 11.2. The number of phenols is 1. The third-order valence-electron chi connectivity index (χ3n) is 5.89. The van der Waals surface area contributed by atoms with Gasteiger partial charge in [0.2, 0.25) is 0 Å². The summed E-state index contributed by atoms with van der Waals surface area (Å²) in [5.74, 6) is 4.09. The molecule has 0 fully saturated rings. The summed E-state index contributed by atoms with van der Waals surface area (Å²) in [4.78, 5) is 1.34. The second-order valence-electron chi connectivity index (χ2n) is 9.97. The lowest BCUT2D eigenvalue weighted by Crippen LogP contribution is -2.12. The first-order valence-corrected chi connectivity index (χ1v) is 15.1. The van der Waals surface area contributed by atoms with E-state index in [4.69, 9.17) is 0 Å². The number of thioether (sulfide) groups is 2. The normalized spacial score (nSPS) is 11.9. The van der Waals surface area contributed by atoms with E-state index >= 15 is 0 Å². The number of rotatable bonds is 18. The number of hydrogen-bond donors (Lipinski definition) is 1. The summed E-state index contributed by atoms with van der Waals surface area (Å²) >= 11 is 4.03. The maximum absolute atomic E-state index is 10.9. The Morgan fingerprint density at radius 1 is 0.710 bits per heavy atom. The maximum atomic E-state index is 10.9. The molecule has 1 N–H and O–H groups in total. The minimum Gasteiger partial charge on any atom is -0.507 e. The van der Waals surface area contributed by atoms with E-state index in [0.717, 1.165) is 23.3 Å². The lowest BCUT2D eigenvalue weighted by molar-refractivity contribution is 0.440. The van der Waals surface area contributed by atoms with Crippen LogP contribution in [-0.2, 0) is 11.8 Å². The minimum atomic E-state index is -0.0266. The minimum absolute atomic E-state index is 0.0266. The van der Waals surface area contributed by atoms with Gasteiger partial charge < -0.3 is 5.11 Å². The van der Waals surface area contributed by atoms with Crippen LogP contribution in [0.25, 0.3) is 0 Å². The van der Waals surface area contributed by atoms with Crippen LogP contribution in [-0.4, -0.2) is 22.4 Å². The second kappa shape index (κ2) is 17.2. The highest BCUT2D eigenvalue weighted by Gasteiger charge is 2.21. The summed E-state index contributed by atoms with van der Waals surface area (Å²) in [5.41, 5.74) is 2.23. The van der Waals surface area contributed by atoms with Crippen molar-refractivity contribution < 1.29 is 5.11 Å². The van der Waals surface area contributed by atoms with E-state index < -0.39 is 0 Å². The van der Waals surface area contributed by atoms with E-state index in [1.54, 1.807) is 0 Å². The van der Waals surface area contributed by atoms with Crippen molar-refractivity contribution in [3.05, 3.63) is 23.3 Å². The molecule has 0 aromatic heterocycles. The predicted octanol–water partition coefficient (Wildman–Crippen LogP) is 9.78. The topological polar surface area (TPSA) is 20.2 Å². The highest BCUT2D eigenvalue weighted by atomic mass is 32.2. The molecule has 1 rings (SSSR count). The molecule has 0 bridgehead atoms. The SMILES string of the molecule is CCCCCCCCSCCc1cc(SCCCCCCCC)cc(C(C)(C)C)c1O. The molecule has 1 aromatic rings. The van der Waals surface area contributed by atoms with Crippen LogP contribution in [0, 0.1) is 0 Å². The molecule has 0 amide bonds. The van der Waals surface area contributed by atoms with Crippen molar-refractivity contribution in [3.8, 4) is 5.75 Å². The van der Waals surface area contributed by atoms with Gasteiger partial charge in [0.1, 0.15) is 5.75 Å². The summed E-state index contributed by atoms with van der Waals surface area (Å²) in [6, 6.07) is 4.50. The monoisotopic (exact) mass is 466 g/mol. The molecule has 0 aliphatic rings. The third-order valence-corrected chi connectivity index (χ3v) is 8.03. The van der Waals surface area contributed by atoms with Gasteiger partial charge in [-0.05, 0) is 59.6 Å². The first kappa shape index (κ1) is 28.8. The summed E-state index contributed by atoms with van der Waals surface area (Å²) < 4.78 is 0. The van der Waals surface area contributed by atoms with Gasteiger partial charge in [0.05, 0.1) is 0 Å². The molecule has 0 unspecified atom stereocenters. The molecule has 0 radical (unpaired) electrons. The molecular formula is C28H50OS2. The lowest BCUT2D eigenvalue weighted by Gasteiger charge is -2.23. The van der Waals surface area contributed by atoms with E-state index in [2.05, 4.69) is 58.5 Å². The molecule has 3 heteroatoms. The Hall–Kier alpha value is -0.280. The van der Waals surface area contributed by atoms with Gasteiger partial charge >= 0.3 is 0 Å². The number of phenolic OH excluding ortho intramolecular Hbond substituents is 1. The average Bonchev–Trinajstić information content (AvgIpc) is 2.72. The molecule has 0 atom stereocenters. The number of aromatic hydroxyl groups is 1. The fraction of sp³-hybridized carbons (Fsp3) is 0.786. The smallest absolute Gasteiger partial charge is 0.122 e. The van der Waals surface area contributed by atoms with E-state index in [9.17, 15) is 5.11 Å². The van der Waals surface area contributed by atoms with Gasteiger partial charge in [0.15, 0.2) is 0 Å². The molecule has 0 spiro atoms. The number of aryl methyl sites for hydroxylation is 1. The van der Waals surface area contributed by atoms with Crippen LogP contribution in [0.2, 0.25) is 0 Å². The Labute approximate surface area is 203 Å². The number of unbranched alkanes of at least 4 members (excludes halogenated alkanes) is 10. The van der Waals surface area contributed by atoms with Crippen molar-refractivity contribution in [3.63, 3.8) is 0 Å². The van der Waals surface area contributed by atoms with Crippen LogP contribution >= 0.6 is 23.5 Å². The number of benzene rings is 1. The van der Waals surface area contributed by atoms with Gasteiger partial charge in [-0.15, -0.1) is 11.8 Å². The molecule has 31 heavy (non-hydrogen) atoms. The first-order chi connectivity index (χ1) is 14.9. The van der Waals surface area contributed by atoms with Gasteiger partial charge in [0.25, 0.3) is 0 Å². The van der Waals surface area contributed by atoms with Crippen molar-refractivity contribution in [1.82, 2.24) is 0 Å². The lowest BCUT2D eigenvalue weighted by atomic mass is 9.85. The van der Waals surface area contributed by atoms with Crippen LogP contribution in [0.3, 0.4) is 0 Å². The average molecular weight is 467 g/mol. The molecule has 0 saturated carbocycles. The molecule has 1 aromatic carbocycles. The third kappa shape index (κ3) is 13.1. The van der Waals surface area contributed by atoms with Crippen LogP contribution in [0.5, 0.6) is 5.75 Å². The molecular weight excluding hydrogens is 416 g/mol. The van der Waals surface area contributed by atoms with Crippen LogP contribution in [0.15, 0.2) is 17.0 Å². The zero-order valence-corrected chi connectivity index (χ0v) is 22.9. The Bertz CT molecular complexity index is 577. The second-order valence-corrected chi connectivity index (χ2v) is 12.4. The summed E-state index contributed by atoms with van der Waals surface area (Å²) in [7, 11) is 0. The van der Waals surface area contributed by atoms with Crippen molar-refractivity contribution in [2.75, 3.05) is 17.3 Å². The highest BCUT2D eigenvalue weighted by Crippen LogP contribution is 2.38. The van der Waals surface area contributed by atoms with Crippen molar-refractivity contribution >= 4 is 23.5 Å². The highest BCUT2D eigenvalue weighted by molar-refractivity contribution is 7.99. The molecule has 0 heterocycles. The maximum Gasteiger partial charge on any atom is 0.122 e. The van der Waals surface area contributed by atoms with Gasteiger partial charge in [-0.1, -0.05) is 98.8 Å². The van der Waals surface area contributed by atoms with Gasteiger partial charge in [-0.2, -0.15) is 11.8 Å². The molecule has 0 saturated heterocycles. The summed E-state index contributed by atoms with van der Waals surface area (Å²) in [5, 5.41) is 10.9. The molecule has 0 aliphatic carbocycles. The molecule has 0 aliphatic heterocycles. The Kier molecular flexibility index (Phi) is 16.0. The van der Waals surface area contributed by atoms with Crippen LogP contribution in [0.1, 0.15) is 123 Å². The largest absolute Gasteiger partial charge is 0.507 e. The quantitative estimate of drug-likeness (QED) is 0.172. The zero-order valence-electron chi connectivity index (χ0n) is 21.2. The zero-order chi connectivity index (χ0) is 23.0. The summed E-state index contributed by atoms with van der Waals surface area (Å²) in [6.07, 6.45) is 17.3. The standard InChI is InChI=1S/C28H50OS2/c1-6-8-10-12-14-16-19-30-21-18-24-22-25(23-26(27(24)29)28(3,4)5)31-20-17-15-13-11-9-7-2/h22-23,29H,6-21H2,1-5H3. The van der Waals surface area contributed by atoms with E-state index in [0.29, 0.717) is 5.75 Å². The fourth-order valence-electron chi connectivity index (χ4n) is 3.85. The Morgan fingerprint density at radius 3 is 1.84 bits per heavy atom.